The van der Waals surface area contributed by atoms with E-state index in [4.69, 9.17) is 19.4 Å². The Balaban J connectivity index is 0.000000151. The predicted molar refractivity (Wildman–Crippen MR) is 218 cm³/mol. The Kier molecular flexibility index (Phi) is 17.0. The van der Waals surface area contributed by atoms with Crippen LogP contribution in [-0.2, 0) is 13.5 Å². The van der Waals surface area contributed by atoms with Gasteiger partial charge in [0.1, 0.15) is 0 Å². The predicted octanol–water partition coefficient (Wildman–Crippen LogP) is 13.6. The van der Waals surface area contributed by atoms with Crippen LogP contribution in [0.25, 0.3) is 0 Å². The average molecular weight is 813 g/mol. The SMILES string of the molecule is C1CCC([PH+](C2CCCCC2)C2CCCCC2)CC1.Cc1cc(C)c(N2C=CN(C3CCCCC3)[CH-]2)c(C)c1.[Cl][Ru]([Cl])=[CH]c1ccccc1. The minimum absolute atomic E-state index is 0.0465. The molecular formula is C43H65Cl2N2PRu. The summed E-state index contributed by atoms with van der Waals surface area (Å²) in [6, 6.07) is 15.1. The third kappa shape index (κ3) is 12.4. The van der Waals surface area contributed by atoms with Crippen LogP contribution in [0.2, 0.25) is 0 Å². The number of nitrogens with zero attached hydrogens (tertiary/aromatic N) is 2. The van der Waals surface area contributed by atoms with Gasteiger partial charge in [-0.05, 0) is 134 Å². The van der Waals surface area contributed by atoms with Gasteiger partial charge in [-0.2, -0.15) is 6.67 Å². The van der Waals surface area contributed by atoms with E-state index < -0.39 is 13.5 Å². The molecule has 1 heterocycles. The Labute approximate surface area is 315 Å². The molecule has 0 radical (unpaired) electrons. The molecule has 7 rings (SSSR count). The molecule has 0 aromatic heterocycles. The van der Waals surface area contributed by atoms with Crippen molar-refractivity contribution in [3.05, 3.63) is 83.8 Å². The molecule has 0 atom stereocenters. The van der Waals surface area contributed by atoms with E-state index in [0.29, 0.717) is 6.04 Å². The first-order valence-electron chi connectivity index (χ1n) is 19.8. The van der Waals surface area contributed by atoms with E-state index in [9.17, 15) is 0 Å². The molecule has 49 heavy (non-hydrogen) atoms. The van der Waals surface area contributed by atoms with Crippen molar-refractivity contribution < 1.29 is 13.5 Å². The summed E-state index contributed by atoms with van der Waals surface area (Å²) in [5, 5.41) is 0. The molecule has 4 fully saturated rings. The average Bonchev–Trinajstić information content (AvgIpc) is 3.60. The second kappa shape index (κ2) is 21.1. The molecule has 5 aliphatic rings. The summed E-state index contributed by atoms with van der Waals surface area (Å²) in [5.74, 6) is 0. The number of hydrogen-bond acceptors (Lipinski definition) is 2. The molecule has 2 aromatic rings. The van der Waals surface area contributed by atoms with E-state index in [1.54, 1.807) is 96.3 Å². The van der Waals surface area contributed by atoms with Gasteiger partial charge in [0.05, 0.1) is 17.0 Å². The monoisotopic (exact) mass is 812 g/mol. The van der Waals surface area contributed by atoms with Crippen LogP contribution in [0.1, 0.15) is 151 Å². The zero-order valence-corrected chi connectivity index (χ0v) is 35.1. The van der Waals surface area contributed by atoms with Crippen LogP contribution < -0.4 is 4.90 Å². The summed E-state index contributed by atoms with van der Waals surface area (Å²) in [5.41, 5.74) is 10.2. The van der Waals surface area contributed by atoms with Crippen molar-refractivity contribution in [1.29, 1.82) is 0 Å². The summed E-state index contributed by atoms with van der Waals surface area (Å²) in [6.07, 6.45) is 35.1. The van der Waals surface area contributed by atoms with Crippen molar-refractivity contribution in [3.63, 3.8) is 0 Å². The Morgan fingerprint density at radius 1 is 0.633 bits per heavy atom. The first-order chi connectivity index (χ1) is 23.9. The molecule has 274 valence electrons. The summed E-state index contributed by atoms with van der Waals surface area (Å²) in [7, 11) is 11.3. The standard InChI is InChI=1S/C18H25N2.C18H33P.C7H6.2ClH.Ru/c1-14-11-15(2)18(16(3)12-14)20-10-9-19(13-20)17-7-5-4-6-8-17;1-4-10-16(11-5-1)19(17-12-6-2-7-13-17)18-14-8-3-9-15-18;1-7-5-3-2-4-6-7;;;/h9-13,17H,4-8H2,1-3H3;16-18H,1-15H2;1-6H;2*1H;/q-1;;;;;+2/p-1. The van der Waals surface area contributed by atoms with Gasteiger partial charge >= 0.3 is 73.4 Å². The molecule has 0 saturated heterocycles. The van der Waals surface area contributed by atoms with Crippen LogP contribution in [-0.4, -0.2) is 32.5 Å². The topological polar surface area (TPSA) is 6.48 Å². The van der Waals surface area contributed by atoms with Crippen molar-refractivity contribution >= 4 is 37.6 Å². The molecule has 0 amide bonds. The maximum absolute atomic E-state index is 5.67. The molecule has 6 heteroatoms. The summed E-state index contributed by atoms with van der Waals surface area (Å²) in [6.45, 7) is 8.86. The van der Waals surface area contributed by atoms with Crippen LogP contribution in [0.4, 0.5) is 5.69 Å². The van der Waals surface area contributed by atoms with Crippen molar-refractivity contribution in [2.75, 3.05) is 4.90 Å². The second-order valence-electron chi connectivity index (χ2n) is 15.5. The molecule has 0 bridgehead atoms. The van der Waals surface area contributed by atoms with E-state index in [-0.39, 0.29) is 7.92 Å². The van der Waals surface area contributed by atoms with Crippen LogP contribution in [0.15, 0.2) is 54.9 Å². The Bertz CT molecular complexity index is 1240. The van der Waals surface area contributed by atoms with E-state index in [1.807, 2.05) is 34.9 Å². The van der Waals surface area contributed by atoms with Crippen LogP contribution in [0, 0.1) is 27.4 Å². The van der Waals surface area contributed by atoms with Gasteiger partial charge in [-0.25, -0.2) is 0 Å². The molecule has 4 aliphatic carbocycles. The van der Waals surface area contributed by atoms with Gasteiger partial charge in [0.15, 0.2) is 0 Å². The maximum atomic E-state index is 5.67. The zero-order chi connectivity index (χ0) is 34.4. The fourth-order valence-electron chi connectivity index (χ4n) is 9.59. The van der Waals surface area contributed by atoms with Crippen molar-refractivity contribution in [3.8, 4) is 0 Å². The zero-order valence-electron chi connectivity index (χ0n) is 30.8. The van der Waals surface area contributed by atoms with Gasteiger partial charge < -0.3 is 9.80 Å². The number of aryl methyl sites for hydroxylation is 3. The Morgan fingerprint density at radius 3 is 1.53 bits per heavy atom. The van der Waals surface area contributed by atoms with E-state index in [2.05, 4.69) is 61.8 Å². The minimum atomic E-state index is -1.61. The molecule has 1 aliphatic heterocycles. The Hall–Kier alpha value is -0.717. The molecule has 0 unspecified atom stereocenters. The van der Waals surface area contributed by atoms with E-state index in [1.165, 1.54) is 71.5 Å². The van der Waals surface area contributed by atoms with Crippen molar-refractivity contribution in [1.82, 2.24) is 4.90 Å². The molecule has 0 N–H and O–H groups in total. The van der Waals surface area contributed by atoms with Crippen LogP contribution >= 0.6 is 27.3 Å². The van der Waals surface area contributed by atoms with Gasteiger partial charge in [0.25, 0.3) is 0 Å². The van der Waals surface area contributed by atoms with Crippen LogP contribution in [0.5, 0.6) is 0 Å². The summed E-state index contributed by atoms with van der Waals surface area (Å²) in [4.78, 5) is 4.70. The number of anilines is 1. The quantitative estimate of drug-likeness (QED) is 0.163. The number of hydrogen-bond donors (Lipinski definition) is 0. The van der Waals surface area contributed by atoms with Crippen LogP contribution in [0.3, 0.4) is 0 Å². The second-order valence-corrected chi connectivity index (χ2v) is 24.7. The number of halogens is 2. The molecule has 2 aromatic carbocycles. The first-order valence-corrected chi connectivity index (χ1v) is 27.0. The van der Waals surface area contributed by atoms with Crippen molar-refractivity contribution in [2.24, 2.45) is 0 Å². The van der Waals surface area contributed by atoms with Gasteiger partial charge in [-0.1, -0.05) is 56.2 Å². The third-order valence-electron chi connectivity index (χ3n) is 11.8. The van der Waals surface area contributed by atoms with E-state index in [0.717, 1.165) is 5.56 Å². The number of rotatable bonds is 6. The molecular weight excluding hydrogens is 747 g/mol. The van der Waals surface area contributed by atoms with Gasteiger partial charge in [0.2, 0.25) is 0 Å². The fraction of sp³-hybridized carbons (Fsp3) is 0.628. The fourth-order valence-corrected chi connectivity index (χ4v) is 16.6. The van der Waals surface area contributed by atoms with E-state index >= 15 is 0 Å². The van der Waals surface area contributed by atoms with Gasteiger partial charge in [-0.3, -0.25) is 0 Å². The number of benzene rings is 2. The molecule has 0 spiro atoms. The third-order valence-corrected chi connectivity index (χ3v) is 18.2. The first kappa shape index (κ1) is 39.5. The van der Waals surface area contributed by atoms with Crippen molar-refractivity contribution in [2.45, 2.75) is 172 Å². The summed E-state index contributed by atoms with van der Waals surface area (Å²) >= 11 is -1.61. The van der Waals surface area contributed by atoms with Gasteiger partial charge in [-0.15, -0.1) is 0 Å². The normalized spacial score (nSPS) is 21.6. The molecule has 2 nitrogen and oxygen atoms in total. The molecule has 4 saturated carbocycles. The Morgan fingerprint density at radius 2 is 1.08 bits per heavy atom. The van der Waals surface area contributed by atoms with Gasteiger partial charge in [0, 0.05) is 19.7 Å². The summed E-state index contributed by atoms with van der Waals surface area (Å²) < 4.78 is 1.92.